The highest BCUT2D eigenvalue weighted by Crippen LogP contribution is 2.20. The van der Waals surface area contributed by atoms with Crippen molar-refractivity contribution in [3.63, 3.8) is 0 Å². The summed E-state index contributed by atoms with van der Waals surface area (Å²) in [5.74, 6) is 0.697. The van der Waals surface area contributed by atoms with Crippen molar-refractivity contribution in [3.05, 3.63) is 24.3 Å². The Hall–Kier alpha value is -1.80. The van der Waals surface area contributed by atoms with E-state index < -0.39 is 10.0 Å². The van der Waals surface area contributed by atoms with E-state index in [-0.39, 0.29) is 12.5 Å². The van der Waals surface area contributed by atoms with Gasteiger partial charge in [0.1, 0.15) is 5.75 Å². The molecule has 1 saturated heterocycles. The van der Waals surface area contributed by atoms with E-state index in [1.54, 1.807) is 12.0 Å². The lowest BCUT2D eigenvalue weighted by Gasteiger charge is -2.37. The molecule has 1 aliphatic heterocycles. The van der Waals surface area contributed by atoms with Crippen LogP contribution in [0.1, 0.15) is 26.2 Å². The molecule has 1 aromatic rings. The summed E-state index contributed by atoms with van der Waals surface area (Å²) in [5.41, 5.74) is 1.10. The van der Waals surface area contributed by atoms with Crippen LogP contribution in [0.15, 0.2) is 24.3 Å². The highest BCUT2D eigenvalue weighted by atomic mass is 32.2. The maximum Gasteiger partial charge on any atom is 0.238 e. The molecule has 0 N–H and O–H groups in total. The zero-order chi connectivity index (χ0) is 19.9. The number of hydrogen-bond acceptors (Lipinski definition) is 5. The Morgan fingerprint density at radius 1 is 1.11 bits per heavy atom. The number of anilines is 1. The van der Waals surface area contributed by atoms with Crippen LogP contribution in [-0.4, -0.2) is 76.2 Å². The van der Waals surface area contributed by atoms with Gasteiger partial charge < -0.3 is 14.5 Å². The van der Waals surface area contributed by atoms with Crippen LogP contribution in [0.4, 0.5) is 5.69 Å². The normalized spacial score (nSPS) is 15.3. The molecule has 0 saturated carbocycles. The van der Waals surface area contributed by atoms with Crippen molar-refractivity contribution >= 4 is 21.6 Å². The number of rotatable bonds is 9. The maximum absolute atomic E-state index is 12.6. The molecule has 7 nitrogen and oxygen atoms in total. The fourth-order valence-electron chi connectivity index (χ4n) is 3.16. The third-order valence-corrected chi connectivity index (χ3v) is 6.11. The largest absolute Gasteiger partial charge is 0.497 e. The van der Waals surface area contributed by atoms with Crippen LogP contribution in [-0.2, 0) is 14.8 Å². The van der Waals surface area contributed by atoms with Gasteiger partial charge in [0.05, 0.1) is 19.9 Å². The summed E-state index contributed by atoms with van der Waals surface area (Å²) < 4.78 is 30.4. The molecule has 1 heterocycles. The van der Waals surface area contributed by atoms with Crippen LogP contribution < -0.4 is 9.64 Å². The summed E-state index contributed by atoms with van der Waals surface area (Å²) in [6, 6.07) is 7.87. The van der Waals surface area contributed by atoms with Gasteiger partial charge in [0.15, 0.2) is 0 Å². The summed E-state index contributed by atoms with van der Waals surface area (Å²) >= 11 is 0. The molecule has 0 aliphatic carbocycles. The van der Waals surface area contributed by atoms with Crippen LogP contribution in [0.5, 0.6) is 5.75 Å². The molecule has 0 atom stereocenters. The van der Waals surface area contributed by atoms with Gasteiger partial charge in [-0.15, -0.1) is 0 Å². The molecule has 27 heavy (non-hydrogen) atoms. The Labute approximate surface area is 162 Å². The minimum absolute atomic E-state index is 0.0644. The Balaban J connectivity index is 1.88. The van der Waals surface area contributed by atoms with E-state index in [9.17, 15) is 13.2 Å². The lowest BCUT2D eigenvalue weighted by Crippen LogP contribution is -2.51. The first-order chi connectivity index (χ1) is 12.8. The first-order valence-corrected chi connectivity index (χ1v) is 11.3. The van der Waals surface area contributed by atoms with Crippen molar-refractivity contribution < 1.29 is 17.9 Å². The van der Waals surface area contributed by atoms with Crippen molar-refractivity contribution in [3.8, 4) is 5.75 Å². The van der Waals surface area contributed by atoms with Gasteiger partial charge in [0.2, 0.25) is 15.9 Å². The quantitative estimate of drug-likeness (QED) is 0.594. The minimum Gasteiger partial charge on any atom is -0.497 e. The molecule has 0 unspecified atom stereocenters. The predicted octanol–water partition coefficient (Wildman–Crippen LogP) is 1.80. The molecule has 1 amide bonds. The number of carbonyl (C=O) groups excluding carboxylic acids is 1. The number of amides is 1. The molecular formula is C19H31N3O4S. The van der Waals surface area contributed by atoms with Crippen molar-refractivity contribution in [1.82, 2.24) is 9.21 Å². The monoisotopic (exact) mass is 397 g/mol. The standard InChI is InChI=1S/C19H31N3O4S/c1-4-5-6-11-22(27(3,24)25)16-19(23)21-14-12-20(13-15-21)17-7-9-18(26-2)10-8-17/h7-10H,4-6,11-16H2,1-3H3. The SMILES string of the molecule is CCCCCN(CC(=O)N1CCN(c2ccc(OC)cc2)CC1)S(C)(=O)=O. The highest BCUT2D eigenvalue weighted by molar-refractivity contribution is 7.88. The Morgan fingerprint density at radius 3 is 2.26 bits per heavy atom. The fourth-order valence-corrected chi connectivity index (χ4v) is 3.96. The summed E-state index contributed by atoms with van der Waals surface area (Å²) in [5, 5.41) is 0. The molecule has 0 spiro atoms. The minimum atomic E-state index is -3.38. The average molecular weight is 398 g/mol. The van der Waals surface area contributed by atoms with Crippen molar-refractivity contribution in [1.29, 1.82) is 0 Å². The summed E-state index contributed by atoms with van der Waals surface area (Å²) in [6.07, 6.45) is 3.93. The van der Waals surface area contributed by atoms with Crippen LogP contribution in [0.3, 0.4) is 0 Å². The molecule has 1 fully saturated rings. The first-order valence-electron chi connectivity index (χ1n) is 9.47. The number of benzene rings is 1. The predicted molar refractivity (Wildman–Crippen MR) is 108 cm³/mol. The van der Waals surface area contributed by atoms with Gasteiger partial charge in [0, 0.05) is 38.4 Å². The van der Waals surface area contributed by atoms with E-state index in [4.69, 9.17) is 4.74 Å². The number of ether oxygens (including phenoxy) is 1. The number of nitrogens with zero attached hydrogens (tertiary/aromatic N) is 3. The lowest BCUT2D eigenvalue weighted by atomic mass is 10.2. The Kier molecular flexibility index (Phi) is 7.91. The molecule has 1 aliphatic rings. The fraction of sp³-hybridized carbons (Fsp3) is 0.632. The average Bonchev–Trinajstić information content (AvgIpc) is 2.66. The molecule has 0 radical (unpaired) electrons. The van der Waals surface area contributed by atoms with Crippen LogP contribution >= 0.6 is 0 Å². The van der Waals surface area contributed by atoms with E-state index in [0.29, 0.717) is 19.6 Å². The topological polar surface area (TPSA) is 70.2 Å². The molecule has 152 valence electrons. The van der Waals surface area contributed by atoms with Gasteiger partial charge in [0.25, 0.3) is 0 Å². The second kappa shape index (κ2) is 9.94. The molecular weight excluding hydrogens is 366 g/mol. The first kappa shape index (κ1) is 21.5. The Bertz CT molecular complexity index is 698. The van der Waals surface area contributed by atoms with Crippen LogP contribution in [0.25, 0.3) is 0 Å². The van der Waals surface area contributed by atoms with Gasteiger partial charge in [-0.3, -0.25) is 4.79 Å². The maximum atomic E-state index is 12.6. The van der Waals surface area contributed by atoms with Gasteiger partial charge in [-0.25, -0.2) is 8.42 Å². The highest BCUT2D eigenvalue weighted by Gasteiger charge is 2.26. The number of carbonyl (C=O) groups is 1. The van der Waals surface area contributed by atoms with Crippen molar-refractivity contribution in [2.75, 3.05) is 57.5 Å². The van der Waals surface area contributed by atoms with Crippen LogP contribution in [0, 0.1) is 0 Å². The van der Waals surface area contributed by atoms with E-state index in [1.165, 1.54) is 10.6 Å². The zero-order valence-corrected chi connectivity index (χ0v) is 17.4. The van der Waals surface area contributed by atoms with E-state index >= 15 is 0 Å². The number of unbranched alkanes of at least 4 members (excludes halogenated alkanes) is 2. The summed E-state index contributed by atoms with van der Waals surface area (Å²) in [4.78, 5) is 16.6. The number of methoxy groups -OCH3 is 1. The third-order valence-electron chi connectivity index (χ3n) is 4.86. The van der Waals surface area contributed by atoms with Gasteiger partial charge >= 0.3 is 0 Å². The zero-order valence-electron chi connectivity index (χ0n) is 16.6. The molecule has 0 bridgehead atoms. The molecule has 1 aromatic carbocycles. The molecule has 2 rings (SSSR count). The number of hydrogen-bond donors (Lipinski definition) is 0. The third kappa shape index (κ3) is 6.39. The van der Waals surface area contributed by atoms with Crippen molar-refractivity contribution in [2.24, 2.45) is 0 Å². The molecule has 8 heteroatoms. The smallest absolute Gasteiger partial charge is 0.238 e. The number of sulfonamides is 1. The van der Waals surface area contributed by atoms with Gasteiger partial charge in [-0.2, -0.15) is 4.31 Å². The van der Waals surface area contributed by atoms with E-state index in [2.05, 4.69) is 11.8 Å². The van der Waals surface area contributed by atoms with E-state index in [1.807, 2.05) is 24.3 Å². The van der Waals surface area contributed by atoms with Gasteiger partial charge in [-0.1, -0.05) is 19.8 Å². The lowest BCUT2D eigenvalue weighted by molar-refractivity contribution is -0.131. The second-order valence-corrected chi connectivity index (χ2v) is 8.85. The van der Waals surface area contributed by atoms with E-state index in [0.717, 1.165) is 43.8 Å². The summed E-state index contributed by atoms with van der Waals surface area (Å²) in [6.45, 7) is 5.06. The Morgan fingerprint density at radius 2 is 1.74 bits per heavy atom. The summed E-state index contributed by atoms with van der Waals surface area (Å²) in [7, 11) is -1.74. The molecule has 0 aromatic heterocycles. The van der Waals surface area contributed by atoms with Crippen LogP contribution in [0.2, 0.25) is 0 Å². The number of piperazine rings is 1. The second-order valence-electron chi connectivity index (χ2n) is 6.87. The van der Waals surface area contributed by atoms with Gasteiger partial charge in [-0.05, 0) is 30.7 Å². The van der Waals surface area contributed by atoms with Crippen molar-refractivity contribution in [2.45, 2.75) is 26.2 Å².